The number of benzene rings is 1. The molecule has 0 saturated carbocycles. The minimum absolute atomic E-state index is 0.263. The summed E-state index contributed by atoms with van der Waals surface area (Å²) in [5.74, 6) is 1.19. The molecule has 0 amide bonds. The maximum atomic E-state index is 11.3. The number of nitrogens with zero attached hydrogens (tertiary/aromatic N) is 3. The van der Waals surface area contributed by atoms with Gasteiger partial charge in [0, 0.05) is 12.6 Å². The number of primary sulfonamides is 1. The van der Waals surface area contributed by atoms with E-state index in [0.29, 0.717) is 12.4 Å². The van der Waals surface area contributed by atoms with Gasteiger partial charge in [0.1, 0.15) is 5.75 Å². The first-order chi connectivity index (χ1) is 9.93. The Bertz CT molecular complexity index is 708. The van der Waals surface area contributed by atoms with E-state index in [9.17, 15) is 8.42 Å². The van der Waals surface area contributed by atoms with E-state index in [4.69, 9.17) is 9.88 Å². The zero-order chi connectivity index (χ0) is 15.5. The van der Waals surface area contributed by atoms with Crippen molar-refractivity contribution in [3.8, 4) is 17.1 Å². The van der Waals surface area contributed by atoms with Gasteiger partial charge >= 0.3 is 0 Å². The summed E-state index contributed by atoms with van der Waals surface area (Å²) >= 11 is 0. The van der Waals surface area contributed by atoms with E-state index in [0.717, 1.165) is 24.2 Å². The lowest BCUT2D eigenvalue weighted by Crippen LogP contribution is -2.17. The van der Waals surface area contributed by atoms with Crippen molar-refractivity contribution in [2.75, 3.05) is 6.61 Å². The van der Waals surface area contributed by atoms with Crippen molar-refractivity contribution in [2.45, 2.75) is 24.9 Å². The van der Waals surface area contributed by atoms with Gasteiger partial charge in [0.25, 0.3) is 15.2 Å². The number of unbranched alkanes of at least 4 members (excludes halogenated alkanes) is 1. The summed E-state index contributed by atoms with van der Waals surface area (Å²) in [6, 6.07) is 7.24. The van der Waals surface area contributed by atoms with E-state index < -0.39 is 10.0 Å². The van der Waals surface area contributed by atoms with Gasteiger partial charge in [0.05, 0.1) is 6.61 Å². The molecule has 0 bridgehead atoms. The van der Waals surface area contributed by atoms with Crippen molar-refractivity contribution in [1.29, 1.82) is 0 Å². The molecule has 1 heterocycles. The van der Waals surface area contributed by atoms with Crippen molar-refractivity contribution in [2.24, 2.45) is 12.2 Å². The van der Waals surface area contributed by atoms with Crippen molar-refractivity contribution < 1.29 is 13.2 Å². The van der Waals surface area contributed by atoms with Crippen LogP contribution in [-0.2, 0) is 17.1 Å². The molecule has 0 aliphatic rings. The quantitative estimate of drug-likeness (QED) is 0.811. The summed E-state index contributed by atoms with van der Waals surface area (Å²) in [6.07, 6.45) is 2.08. The highest BCUT2D eigenvalue weighted by molar-refractivity contribution is 7.89. The van der Waals surface area contributed by atoms with E-state index in [-0.39, 0.29) is 5.16 Å². The first-order valence-electron chi connectivity index (χ1n) is 6.59. The molecule has 7 nitrogen and oxygen atoms in total. The Morgan fingerprint density at radius 1 is 1.24 bits per heavy atom. The smallest absolute Gasteiger partial charge is 0.273 e. The number of sulfonamides is 1. The van der Waals surface area contributed by atoms with Crippen molar-refractivity contribution in [1.82, 2.24) is 14.8 Å². The molecule has 0 unspecified atom stereocenters. The summed E-state index contributed by atoms with van der Waals surface area (Å²) in [4.78, 5) is 0. The molecule has 21 heavy (non-hydrogen) atoms. The fourth-order valence-corrected chi connectivity index (χ4v) is 2.47. The first-order valence-corrected chi connectivity index (χ1v) is 8.13. The maximum absolute atomic E-state index is 11.3. The van der Waals surface area contributed by atoms with Crippen molar-refractivity contribution >= 4 is 10.0 Å². The highest BCUT2D eigenvalue weighted by Crippen LogP contribution is 2.22. The third kappa shape index (κ3) is 3.59. The van der Waals surface area contributed by atoms with Gasteiger partial charge in [-0.05, 0) is 30.7 Å². The summed E-state index contributed by atoms with van der Waals surface area (Å²) in [5, 5.41) is 12.3. The second-order valence-electron chi connectivity index (χ2n) is 4.64. The number of hydrogen-bond donors (Lipinski definition) is 1. The van der Waals surface area contributed by atoms with Gasteiger partial charge in [-0.1, -0.05) is 13.3 Å². The van der Waals surface area contributed by atoms with Crippen LogP contribution in [0, 0.1) is 0 Å². The van der Waals surface area contributed by atoms with Gasteiger partial charge in [0.15, 0.2) is 5.82 Å². The van der Waals surface area contributed by atoms with Crippen LogP contribution in [0.1, 0.15) is 19.8 Å². The van der Waals surface area contributed by atoms with Crippen LogP contribution in [0.3, 0.4) is 0 Å². The van der Waals surface area contributed by atoms with Crippen LogP contribution in [0.25, 0.3) is 11.4 Å². The number of rotatable bonds is 6. The van der Waals surface area contributed by atoms with Crippen molar-refractivity contribution in [3.05, 3.63) is 24.3 Å². The molecule has 1 aromatic carbocycles. The molecule has 2 aromatic rings. The summed E-state index contributed by atoms with van der Waals surface area (Å²) in [7, 11) is -2.32. The van der Waals surface area contributed by atoms with Gasteiger partial charge in [-0.2, -0.15) is 0 Å². The number of aromatic nitrogens is 3. The van der Waals surface area contributed by atoms with Gasteiger partial charge in [-0.3, -0.25) is 4.57 Å². The molecule has 0 atom stereocenters. The van der Waals surface area contributed by atoms with Crippen LogP contribution in [-0.4, -0.2) is 29.8 Å². The van der Waals surface area contributed by atoms with Crippen LogP contribution >= 0.6 is 0 Å². The van der Waals surface area contributed by atoms with Crippen LogP contribution in [0.2, 0.25) is 0 Å². The Balaban J connectivity index is 2.22. The lowest BCUT2D eigenvalue weighted by Gasteiger charge is -2.06. The monoisotopic (exact) mass is 310 g/mol. The third-order valence-electron chi connectivity index (χ3n) is 2.97. The molecule has 1 aromatic heterocycles. The molecule has 2 N–H and O–H groups in total. The van der Waals surface area contributed by atoms with Gasteiger partial charge in [-0.25, -0.2) is 13.6 Å². The fourth-order valence-electron chi connectivity index (χ4n) is 1.85. The molecule has 0 radical (unpaired) electrons. The summed E-state index contributed by atoms with van der Waals surface area (Å²) in [5.41, 5.74) is 0.739. The summed E-state index contributed by atoms with van der Waals surface area (Å²) < 4.78 is 29.6. The average Bonchev–Trinajstić information content (AvgIpc) is 2.82. The molecule has 114 valence electrons. The Morgan fingerprint density at radius 3 is 2.43 bits per heavy atom. The van der Waals surface area contributed by atoms with Crippen LogP contribution in [0.4, 0.5) is 0 Å². The molecule has 0 aliphatic heterocycles. The van der Waals surface area contributed by atoms with Gasteiger partial charge < -0.3 is 4.74 Å². The van der Waals surface area contributed by atoms with E-state index in [1.807, 2.05) is 12.1 Å². The van der Waals surface area contributed by atoms with Crippen molar-refractivity contribution in [3.63, 3.8) is 0 Å². The number of nitrogens with two attached hydrogens (primary N) is 1. The normalized spacial score (nSPS) is 11.6. The van der Waals surface area contributed by atoms with E-state index in [2.05, 4.69) is 17.1 Å². The van der Waals surface area contributed by atoms with E-state index in [1.165, 1.54) is 4.57 Å². The molecule has 8 heteroatoms. The molecule has 2 rings (SSSR count). The van der Waals surface area contributed by atoms with Gasteiger partial charge in [0.2, 0.25) is 0 Å². The third-order valence-corrected chi connectivity index (χ3v) is 3.83. The Labute approximate surface area is 123 Å². The highest BCUT2D eigenvalue weighted by atomic mass is 32.2. The lowest BCUT2D eigenvalue weighted by molar-refractivity contribution is 0.309. The first kappa shape index (κ1) is 15.5. The minimum atomic E-state index is -3.88. The second kappa shape index (κ2) is 6.23. The fraction of sp³-hybridized carbons (Fsp3) is 0.385. The zero-order valence-corrected chi connectivity index (χ0v) is 12.8. The van der Waals surface area contributed by atoms with Crippen LogP contribution in [0.15, 0.2) is 29.4 Å². The van der Waals surface area contributed by atoms with E-state index >= 15 is 0 Å². The van der Waals surface area contributed by atoms with E-state index in [1.54, 1.807) is 19.2 Å². The molecular weight excluding hydrogens is 292 g/mol. The largest absolute Gasteiger partial charge is 0.494 e. The molecule has 0 aliphatic carbocycles. The summed E-state index contributed by atoms with van der Waals surface area (Å²) in [6.45, 7) is 2.78. The maximum Gasteiger partial charge on any atom is 0.273 e. The Hall–Kier alpha value is -1.93. The van der Waals surface area contributed by atoms with Crippen LogP contribution in [0.5, 0.6) is 5.75 Å². The topological polar surface area (TPSA) is 100 Å². The molecule has 0 saturated heterocycles. The molecule has 0 spiro atoms. The highest BCUT2D eigenvalue weighted by Gasteiger charge is 2.19. The lowest BCUT2D eigenvalue weighted by atomic mass is 10.2. The number of hydrogen-bond acceptors (Lipinski definition) is 5. The molecular formula is C13H18N4O3S. The Morgan fingerprint density at radius 2 is 1.90 bits per heavy atom. The van der Waals surface area contributed by atoms with Gasteiger partial charge in [-0.15, -0.1) is 10.2 Å². The Kier molecular flexibility index (Phi) is 4.59. The average molecular weight is 310 g/mol. The standard InChI is InChI=1S/C13H18N4O3S/c1-3-4-9-20-11-7-5-10(6-8-11)12-15-16-13(17(12)2)21(14,18)19/h5-8H,3-4,9H2,1-2H3,(H2,14,18,19). The second-order valence-corrected chi connectivity index (χ2v) is 6.09. The molecule has 0 fully saturated rings. The number of ether oxygens (including phenoxy) is 1. The minimum Gasteiger partial charge on any atom is -0.494 e. The predicted molar refractivity (Wildman–Crippen MR) is 78.2 cm³/mol. The SMILES string of the molecule is CCCCOc1ccc(-c2nnc(S(N)(=O)=O)n2C)cc1. The van der Waals surface area contributed by atoms with Crippen LogP contribution < -0.4 is 9.88 Å². The zero-order valence-electron chi connectivity index (χ0n) is 12.0. The predicted octanol–water partition coefficient (Wildman–Crippen LogP) is 1.31.